The molecule has 1 aliphatic heterocycles. The fourth-order valence-electron chi connectivity index (χ4n) is 4.86. The van der Waals surface area contributed by atoms with E-state index in [2.05, 4.69) is 21.2 Å². The second kappa shape index (κ2) is 7.47. The summed E-state index contributed by atoms with van der Waals surface area (Å²) in [5.74, 6) is 0. The van der Waals surface area contributed by atoms with Gasteiger partial charge in [0.15, 0.2) is 21.6 Å². The number of aryl methyl sites for hydroxylation is 3. The van der Waals surface area contributed by atoms with Crippen molar-refractivity contribution in [1.82, 2.24) is 14.5 Å². The Morgan fingerprint density at radius 3 is 2.40 bits per heavy atom. The molecule has 2 aliphatic carbocycles. The van der Waals surface area contributed by atoms with Crippen LogP contribution in [0.15, 0.2) is 17.2 Å². The molecule has 1 atom stereocenters. The SMILES string of the molecule is COC1(c2cc(S(=O)NC(=O)Nc3c4c(cc5c3CCC5)CCC4)nn2C)COC1. The number of rotatable bonds is 5. The van der Waals surface area contributed by atoms with Crippen molar-refractivity contribution in [2.24, 2.45) is 7.05 Å². The van der Waals surface area contributed by atoms with E-state index in [4.69, 9.17) is 9.47 Å². The zero-order chi connectivity index (χ0) is 20.9. The quantitative estimate of drug-likeness (QED) is 0.758. The lowest BCUT2D eigenvalue weighted by Crippen LogP contribution is -2.49. The van der Waals surface area contributed by atoms with Gasteiger partial charge >= 0.3 is 6.03 Å². The smallest absolute Gasteiger partial charge is 0.331 e. The van der Waals surface area contributed by atoms with Crippen LogP contribution in [0.4, 0.5) is 10.5 Å². The first-order chi connectivity index (χ1) is 14.5. The van der Waals surface area contributed by atoms with Crippen molar-refractivity contribution in [2.45, 2.75) is 49.2 Å². The summed E-state index contributed by atoms with van der Waals surface area (Å²) in [6.07, 6.45) is 6.31. The van der Waals surface area contributed by atoms with E-state index in [0.717, 1.165) is 49.9 Å². The van der Waals surface area contributed by atoms with Crippen LogP contribution in [0.25, 0.3) is 0 Å². The number of carbonyl (C=O) groups is 1. The lowest BCUT2D eigenvalue weighted by Gasteiger charge is -2.39. The topological polar surface area (TPSA) is 94.5 Å². The maximum atomic E-state index is 12.8. The second-order valence-corrected chi connectivity index (χ2v) is 9.40. The molecule has 8 nitrogen and oxygen atoms in total. The van der Waals surface area contributed by atoms with Gasteiger partial charge in [0.1, 0.15) is 0 Å². The molecular formula is C21H26N4O4S. The zero-order valence-electron chi connectivity index (χ0n) is 17.2. The third-order valence-corrected chi connectivity index (χ3v) is 7.42. The van der Waals surface area contributed by atoms with E-state index in [1.807, 2.05) is 0 Å². The van der Waals surface area contributed by atoms with Gasteiger partial charge in [-0.2, -0.15) is 5.10 Å². The molecule has 0 saturated carbocycles. The minimum atomic E-state index is -1.78. The Morgan fingerprint density at radius 1 is 1.17 bits per heavy atom. The molecular weight excluding hydrogens is 404 g/mol. The summed E-state index contributed by atoms with van der Waals surface area (Å²) in [6.45, 7) is 0.848. The molecule has 0 bridgehead atoms. The summed E-state index contributed by atoms with van der Waals surface area (Å²) in [7, 11) is 1.61. The Hall–Kier alpha value is -2.23. The van der Waals surface area contributed by atoms with Crippen molar-refractivity contribution in [3.63, 3.8) is 0 Å². The van der Waals surface area contributed by atoms with Crippen LogP contribution in [-0.4, -0.2) is 40.3 Å². The monoisotopic (exact) mass is 430 g/mol. The fraction of sp³-hybridized carbons (Fsp3) is 0.524. The van der Waals surface area contributed by atoms with Crippen molar-refractivity contribution in [2.75, 3.05) is 25.6 Å². The highest BCUT2D eigenvalue weighted by atomic mass is 32.2. The summed E-state index contributed by atoms with van der Waals surface area (Å²) in [5, 5.41) is 7.61. The Morgan fingerprint density at radius 2 is 1.83 bits per heavy atom. The molecule has 0 spiro atoms. The molecule has 5 rings (SSSR count). The normalized spacial score (nSPS) is 19.7. The molecule has 2 heterocycles. The molecule has 1 fully saturated rings. The summed E-state index contributed by atoms with van der Waals surface area (Å²) in [4.78, 5) is 12.7. The Balaban J connectivity index is 1.33. The minimum Gasteiger partial charge on any atom is -0.374 e. The highest BCUT2D eigenvalue weighted by molar-refractivity contribution is 7.83. The van der Waals surface area contributed by atoms with Crippen molar-refractivity contribution >= 4 is 22.7 Å². The molecule has 1 saturated heterocycles. The third-order valence-electron chi connectivity index (χ3n) is 6.47. The summed E-state index contributed by atoms with van der Waals surface area (Å²) in [6, 6.07) is 3.56. The van der Waals surface area contributed by atoms with Gasteiger partial charge in [0.25, 0.3) is 0 Å². The molecule has 1 aromatic heterocycles. The maximum Gasteiger partial charge on any atom is 0.331 e. The zero-order valence-corrected chi connectivity index (χ0v) is 18.1. The van der Waals surface area contributed by atoms with E-state index in [9.17, 15) is 9.00 Å². The van der Waals surface area contributed by atoms with Gasteiger partial charge in [-0.3, -0.25) is 9.40 Å². The number of aromatic nitrogens is 2. The molecule has 2 amide bonds. The van der Waals surface area contributed by atoms with Gasteiger partial charge in [-0.25, -0.2) is 9.00 Å². The summed E-state index contributed by atoms with van der Waals surface area (Å²) >= 11 is 0. The first-order valence-electron chi connectivity index (χ1n) is 10.3. The van der Waals surface area contributed by atoms with Crippen LogP contribution in [0.3, 0.4) is 0 Å². The average molecular weight is 431 g/mol. The Bertz CT molecular complexity index is 1010. The van der Waals surface area contributed by atoms with Crippen molar-refractivity contribution in [3.05, 3.63) is 40.1 Å². The molecule has 3 aliphatic rings. The van der Waals surface area contributed by atoms with Gasteiger partial charge < -0.3 is 14.8 Å². The number of fused-ring (bicyclic) bond motifs is 2. The highest BCUT2D eigenvalue weighted by Gasteiger charge is 2.43. The first kappa shape index (κ1) is 19.7. The number of ether oxygens (including phenoxy) is 2. The third kappa shape index (κ3) is 3.16. The van der Waals surface area contributed by atoms with Gasteiger partial charge in [-0.1, -0.05) is 6.07 Å². The lowest BCUT2D eigenvalue weighted by molar-refractivity contribution is -0.206. The van der Waals surface area contributed by atoms with Crippen LogP contribution < -0.4 is 10.0 Å². The molecule has 2 aromatic rings. The summed E-state index contributed by atoms with van der Waals surface area (Å²) < 4.78 is 27.9. The van der Waals surface area contributed by atoms with E-state index in [1.165, 1.54) is 22.3 Å². The van der Waals surface area contributed by atoms with Gasteiger partial charge in [0.05, 0.1) is 18.9 Å². The predicted molar refractivity (Wildman–Crippen MR) is 112 cm³/mol. The van der Waals surface area contributed by atoms with E-state index in [-0.39, 0.29) is 5.03 Å². The van der Waals surface area contributed by atoms with Gasteiger partial charge in [-0.05, 0) is 60.8 Å². The molecule has 2 N–H and O–H groups in total. The van der Waals surface area contributed by atoms with Crippen LogP contribution in [0, 0.1) is 0 Å². The van der Waals surface area contributed by atoms with Crippen LogP contribution in [0.2, 0.25) is 0 Å². The van der Waals surface area contributed by atoms with Gasteiger partial charge in [-0.15, -0.1) is 0 Å². The number of carbonyl (C=O) groups excluding carboxylic acids is 1. The standard InChI is InChI=1S/C21H26N4O4S/c1-25-17(21(28-2)11-29-12-21)10-18(23-25)30(27)24-20(26)22-19-15-7-3-5-13(15)9-14-6-4-8-16(14)19/h9-10H,3-8,11-12H2,1-2H3,(H2,22,24,26). The number of benzene rings is 1. The minimum absolute atomic E-state index is 0.287. The van der Waals surface area contributed by atoms with Crippen LogP contribution >= 0.6 is 0 Å². The molecule has 1 aromatic carbocycles. The van der Waals surface area contributed by atoms with E-state index in [1.54, 1.807) is 24.9 Å². The van der Waals surface area contributed by atoms with Gasteiger partial charge in [0.2, 0.25) is 0 Å². The number of anilines is 1. The molecule has 9 heteroatoms. The Labute approximate surface area is 177 Å². The van der Waals surface area contributed by atoms with Crippen molar-refractivity contribution in [1.29, 1.82) is 0 Å². The number of methoxy groups -OCH3 is 1. The number of amides is 2. The highest BCUT2D eigenvalue weighted by Crippen LogP contribution is 2.38. The predicted octanol–water partition coefficient (Wildman–Crippen LogP) is 2.11. The summed E-state index contributed by atoms with van der Waals surface area (Å²) in [5.41, 5.74) is 6.30. The van der Waals surface area contributed by atoms with Crippen molar-refractivity contribution < 1.29 is 18.5 Å². The van der Waals surface area contributed by atoms with E-state index >= 15 is 0 Å². The number of urea groups is 1. The second-order valence-electron chi connectivity index (χ2n) is 8.24. The van der Waals surface area contributed by atoms with E-state index in [0.29, 0.717) is 13.2 Å². The average Bonchev–Trinajstić information content (AvgIpc) is 3.41. The maximum absolute atomic E-state index is 12.8. The first-order valence-corrected chi connectivity index (χ1v) is 11.5. The van der Waals surface area contributed by atoms with Crippen LogP contribution in [0.5, 0.6) is 0 Å². The largest absolute Gasteiger partial charge is 0.374 e. The van der Waals surface area contributed by atoms with Crippen LogP contribution in [0.1, 0.15) is 40.8 Å². The number of hydrogen-bond donors (Lipinski definition) is 2. The molecule has 30 heavy (non-hydrogen) atoms. The molecule has 160 valence electrons. The lowest BCUT2D eigenvalue weighted by atomic mass is 9.97. The number of hydrogen-bond acceptors (Lipinski definition) is 5. The molecule has 1 unspecified atom stereocenters. The number of nitrogens with one attached hydrogen (secondary N) is 2. The van der Waals surface area contributed by atoms with Crippen LogP contribution in [-0.2, 0) is 58.8 Å². The fourth-order valence-corrected chi connectivity index (χ4v) is 5.60. The number of nitrogens with zero attached hydrogens (tertiary/aromatic N) is 2. The Kier molecular flexibility index (Phi) is 4.91. The molecule has 0 radical (unpaired) electrons. The van der Waals surface area contributed by atoms with E-state index < -0.39 is 22.6 Å². The van der Waals surface area contributed by atoms with Gasteiger partial charge in [0, 0.05) is 25.9 Å². The van der Waals surface area contributed by atoms with Crippen molar-refractivity contribution in [3.8, 4) is 0 Å².